The molecule has 37 heavy (non-hydrogen) atoms. The van der Waals surface area contributed by atoms with Crippen LogP contribution in [-0.4, -0.2) is 28.3 Å². The third-order valence-corrected chi connectivity index (χ3v) is 9.02. The Hall–Kier alpha value is -2.03. The summed E-state index contributed by atoms with van der Waals surface area (Å²) >= 11 is 0. The van der Waals surface area contributed by atoms with Crippen molar-refractivity contribution in [2.24, 2.45) is 11.3 Å². The predicted octanol–water partition coefficient (Wildman–Crippen LogP) is 6.75. The van der Waals surface area contributed by atoms with Gasteiger partial charge in [0.25, 0.3) is 0 Å². The molecule has 2 fully saturated rings. The molecule has 200 valence electrons. The van der Waals surface area contributed by atoms with Gasteiger partial charge in [-0.25, -0.2) is 0 Å². The summed E-state index contributed by atoms with van der Waals surface area (Å²) in [4.78, 5) is 9.46. The fourth-order valence-electron chi connectivity index (χ4n) is 7.27. The van der Waals surface area contributed by atoms with Crippen LogP contribution in [0.25, 0.3) is 0 Å². The predicted molar refractivity (Wildman–Crippen MR) is 131 cm³/mol. The fourth-order valence-corrected chi connectivity index (χ4v) is 7.27. The summed E-state index contributed by atoms with van der Waals surface area (Å²) in [6, 6.07) is 2.50. The van der Waals surface area contributed by atoms with Crippen LogP contribution in [0.3, 0.4) is 0 Å². The van der Waals surface area contributed by atoms with Gasteiger partial charge in [0.1, 0.15) is 12.2 Å². The van der Waals surface area contributed by atoms with E-state index in [1.807, 2.05) is 0 Å². The van der Waals surface area contributed by atoms with Crippen LogP contribution >= 0.6 is 0 Å². The van der Waals surface area contributed by atoms with Gasteiger partial charge < -0.3 is 14.6 Å². The second kappa shape index (κ2) is 9.31. The summed E-state index contributed by atoms with van der Waals surface area (Å²) in [5, 5.41) is 11.6. The minimum Gasteiger partial charge on any atom is -0.388 e. The lowest BCUT2D eigenvalue weighted by molar-refractivity contribution is -0.137. The van der Waals surface area contributed by atoms with Gasteiger partial charge in [-0.3, -0.25) is 9.97 Å². The molecule has 2 aliphatic heterocycles. The summed E-state index contributed by atoms with van der Waals surface area (Å²) in [5.41, 5.74) is 4.61. The van der Waals surface area contributed by atoms with Crippen LogP contribution in [-0.2, 0) is 22.1 Å². The third kappa shape index (κ3) is 4.39. The number of aromatic nitrogens is 2. The van der Waals surface area contributed by atoms with Gasteiger partial charge in [-0.1, -0.05) is 26.7 Å². The van der Waals surface area contributed by atoms with Crippen molar-refractivity contribution in [3.8, 4) is 0 Å². The van der Waals surface area contributed by atoms with Crippen LogP contribution in [0.2, 0.25) is 0 Å². The van der Waals surface area contributed by atoms with Crippen molar-refractivity contribution in [1.29, 1.82) is 0 Å². The number of ether oxygens (including phenoxy) is 2. The molecule has 0 unspecified atom stereocenters. The number of aliphatic hydroxyl groups excluding tert-OH is 1. The van der Waals surface area contributed by atoms with Gasteiger partial charge in [0.15, 0.2) is 0 Å². The maximum atomic E-state index is 13.2. The number of hydrogen-bond acceptors (Lipinski definition) is 5. The van der Waals surface area contributed by atoms with Crippen LogP contribution in [0.1, 0.15) is 122 Å². The Balaban J connectivity index is 1.53. The summed E-state index contributed by atoms with van der Waals surface area (Å²) in [5.74, 6) is 0.304. The number of nitrogens with zero attached hydrogens (tertiary/aromatic N) is 2. The number of aliphatic hydroxyl groups is 1. The van der Waals surface area contributed by atoms with Gasteiger partial charge in [-0.05, 0) is 73.5 Å². The molecule has 8 heteroatoms. The first-order valence-electron chi connectivity index (χ1n) is 13.7. The Bertz CT molecular complexity index is 1150. The Morgan fingerprint density at radius 1 is 1.05 bits per heavy atom. The average molecular weight is 517 g/mol. The fraction of sp³-hybridized carbons (Fsp3) is 0.655. The monoisotopic (exact) mass is 516 g/mol. The van der Waals surface area contributed by atoms with Crippen LogP contribution in [0.4, 0.5) is 13.2 Å². The van der Waals surface area contributed by atoms with E-state index in [4.69, 9.17) is 14.5 Å². The molecular formula is C29H35F3N2O3. The summed E-state index contributed by atoms with van der Waals surface area (Å²) < 4.78 is 52.0. The second-order valence-corrected chi connectivity index (χ2v) is 11.8. The molecule has 1 N–H and O–H groups in total. The molecular weight excluding hydrogens is 481 g/mol. The van der Waals surface area contributed by atoms with E-state index in [-0.39, 0.29) is 23.4 Å². The Morgan fingerprint density at radius 3 is 2.41 bits per heavy atom. The van der Waals surface area contributed by atoms with E-state index in [0.717, 1.165) is 78.9 Å². The molecule has 2 aliphatic carbocycles. The normalized spacial score (nSPS) is 27.6. The van der Waals surface area contributed by atoms with E-state index in [2.05, 4.69) is 18.8 Å². The van der Waals surface area contributed by atoms with Gasteiger partial charge >= 0.3 is 6.18 Å². The van der Waals surface area contributed by atoms with Crippen molar-refractivity contribution in [2.75, 3.05) is 13.2 Å². The number of rotatable bonds is 3. The Morgan fingerprint density at radius 2 is 1.78 bits per heavy atom. The lowest BCUT2D eigenvalue weighted by atomic mass is 9.67. The SMILES string of the molecule is CC(C)[C@@H]1O[C@@H](c2ccc(C(F)(F)F)cn2)c2c1nc1c(c2C2CCOCC2)[C@@H](O)CC2(CCCC2)C1. The number of halogens is 3. The van der Waals surface area contributed by atoms with Gasteiger partial charge in [-0.2, -0.15) is 13.2 Å². The van der Waals surface area contributed by atoms with E-state index >= 15 is 0 Å². The van der Waals surface area contributed by atoms with Crippen molar-refractivity contribution in [3.05, 3.63) is 57.7 Å². The summed E-state index contributed by atoms with van der Waals surface area (Å²) in [6.45, 7) is 5.46. The lowest BCUT2D eigenvalue weighted by Crippen LogP contribution is -2.32. The number of alkyl halides is 3. The lowest BCUT2D eigenvalue weighted by Gasteiger charge is -2.40. The van der Waals surface area contributed by atoms with Crippen molar-refractivity contribution in [2.45, 2.75) is 95.6 Å². The topological polar surface area (TPSA) is 64.5 Å². The van der Waals surface area contributed by atoms with E-state index in [0.29, 0.717) is 18.9 Å². The number of hydrogen-bond donors (Lipinski definition) is 1. The highest BCUT2D eigenvalue weighted by Crippen LogP contribution is 2.56. The van der Waals surface area contributed by atoms with Gasteiger partial charge in [-0.15, -0.1) is 0 Å². The molecule has 0 radical (unpaired) electrons. The minimum absolute atomic E-state index is 0.113. The molecule has 0 aromatic carbocycles. The van der Waals surface area contributed by atoms with Crippen LogP contribution < -0.4 is 0 Å². The number of pyridine rings is 2. The highest BCUT2D eigenvalue weighted by Gasteiger charge is 2.47. The first-order valence-corrected chi connectivity index (χ1v) is 13.7. The van der Waals surface area contributed by atoms with Crippen molar-refractivity contribution in [3.63, 3.8) is 0 Å². The van der Waals surface area contributed by atoms with Crippen LogP contribution in [0, 0.1) is 11.3 Å². The van der Waals surface area contributed by atoms with Gasteiger partial charge in [0.05, 0.1) is 23.1 Å². The molecule has 5 nitrogen and oxygen atoms in total. The van der Waals surface area contributed by atoms with E-state index in [9.17, 15) is 18.3 Å². The molecule has 1 spiro atoms. The molecule has 1 saturated heterocycles. The maximum absolute atomic E-state index is 13.2. The third-order valence-electron chi connectivity index (χ3n) is 9.02. The van der Waals surface area contributed by atoms with Crippen LogP contribution in [0.15, 0.2) is 18.3 Å². The summed E-state index contributed by atoms with van der Waals surface area (Å²) in [7, 11) is 0. The first kappa shape index (κ1) is 25.3. The van der Waals surface area contributed by atoms with Crippen molar-refractivity contribution < 1.29 is 27.8 Å². The quantitative estimate of drug-likeness (QED) is 0.489. The molecule has 4 aliphatic rings. The van der Waals surface area contributed by atoms with Crippen molar-refractivity contribution in [1.82, 2.24) is 9.97 Å². The molecule has 0 bridgehead atoms. The van der Waals surface area contributed by atoms with Crippen LogP contribution in [0.5, 0.6) is 0 Å². The maximum Gasteiger partial charge on any atom is 0.417 e. The van der Waals surface area contributed by atoms with Crippen molar-refractivity contribution >= 4 is 0 Å². The number of fused-ring (bicyclic) bond motifs is 2. The highest BCUT2D eigenvalue weighted by atomic mass is 19.4. The molecule has 2 aromatic rings. The van der Waals surface area contributed by atoms with Gasteiger partial charge in [0.2, 0.25) is 0 Å². The zero-order valence-corrected chi connectivity index (χ0v) is 21.5. The molecule has 1 saturated carbocycles. The second-order valence-electron chi connectivity index (χ2n) is 11.8. The van der Waals surface area contributed by atoms with E-state index in [1.54, 1.807) is 0 Å². The summed E-state index contributed by atoms with van der Waals surface area (Å²) in [6.07, 6.45) is 2.85. The Labute approximate surface area is 215 Å². The molecule has 0 amide bonds. The largest absolute Gasteiger partial charge is 0.417 e. The highest BCUT2D eigenvalue weighted by molar-refractivity contribution is 5.51. The molecule has 6 rings (SSSR count). The zero-order valence-electron chi connectivity index (χ0n) is 21.5. The smallest absolute Gasteiger partial charge is 0.388 e. The average Bonchev–Trinajstić information content (AvgIpc) is 3.47. The first-order chi connectivity index (χ1) is 17.7. The van der Waals surface area contributed by atoms with Gasteiger partial charge in [0, 0.05) is 36.2 Å². The Kier molecular flexibility index (Phi) is 6.36. The molecule has 3 atom stereocenters. The zero-order chi connectivity index (χ0) is 25.9. The minimum atomic E-state index is -4.45. The van der Waals surface area contributed by atoms with E-state index in [1.165, 1.54) is 18.9 Å². The standard InChI is InChI=1S/C29H35F3N2O3/c1-16(2)26-25-24(27(37-26)19-6-5-18(15-33-19)29(30,31)32)22(17-7-11-36-12-8-17)23-20(34-25)13-28(14-21(23)35)9-3-4-10-28/h5-6,15-17,21,26-27,35H,3-4,7-14H2,1-2H3/t21-,26-,27-/m0/s1. The molecule has 2 aromatic heterocycles. The van der Waals surface area contributed by atoms with E-state index < -0.39 is 23.9 Å². The molecule has 4 heterocycles.